The molecule has 0 aliphatic heterocycles. The van der Waals surface area contributed by atoms with Crippen molar-refractivity contribution in [3.8, 4) is 78.6 Å². The zero-order chi connectivity index (χ0) is 49.9. The molecule has 0 saturated heterocycles. The summed E-state index contributed by atoms with van der Waals surface area (Å²) in [6.07, 6.45) is 1.85. The van der Waals surface area contributed by atoms with Crippen molar-refractivity contribution in [2.24, 2.45) is 0 Å². The van der Waals surface area contributed by atoms with Crippen molar-refractivity contribution in [2.75, 3.05) is 0 Å². The number of pyridine rings is 1. The minimum atomic E-state index is -2.55. The molecule has 2 heterocycles. The Kier molecular flexibility index (Phi) is 12.3. The molecule has 4 nitrogen and oxygen atoms in total. The van der Waals surface area contributed by atoms with Gasteiger partial charge in [0.1, 0.15) is 11.6 Å². The monoisotopic (exact) mass is 1070 g/mol. The summed E-state index contributed by atoms with van der Waals surface area (Å²) in [6.45, 7) is 19.1. The van der Waals surface area contributed by atoms with Crippen molar-refractivity contribution in [2.45, 2.75) is 98.8 Å². The number of fused-ring (bicyclic) bond motifs is 1. The molecule has 0 amide bonds. The van der Waals surface area contributed by atoms with E-state index in [0.29, 0.717) is 28.1 Å². The van der Waals surface area contributed by atoms with E-state index in [9.17, 15) is 9.22 Å². The molecule has 2 aromatic heterocycles. The Bertz CT molecular complexity index is 3400. The second-order valence-electron chi connectivity index (χ2n) is 20.6. The Hall–Kier alpha value is -6.35. The SMILES string of the molecule is [2H]C([2H])([2H])c1cc(-c2c(-c3ccccc3)cccc2C(C)(C)C)ccc1-n1c(-c2cc(C(C)C)cc(C(C)C)c2O)nc2c(-c3[c-]c(-c4cc(-c5ccccc5)ccn4)cc(C(C)(C)C)c3)cccc21.[Pt]. The summed E-state index contributed by atoms with van der Waals surface area (Å²) < 4.78 is 29.7. The summed E-state index contributed by atoms with van der Waals surface area (Å²) in [7, 11) is 0. The zero-order valence-electron chi connectivity index (χ0n) is 43.8. The molecular weight excluding hydrogens is 1010 g/mol. The molecule has 9 aromatic rings. The standard InChI is InChI=1S/C63H62N3O.Pt/c1-39(2)46-36-52(40(3)4)60(67)53(37-46)61-65-59-51(47-33-48(35-49(34-47)62(6,7)8)55-38-44(30-31-64-55)42-20-14-12-15-21-42)25-19-27-57(59)66(61)56-29-28-45(32-41(56)5)58-50(43-22-16-13-17-23-43)24-18-26-54(58)63(9,10)11;/h12-32,34-40,67H,1-11H3;/q-1;/i5D3;. The largest absolute Gasteiger partial charge is 0.507 e. The predicted octanol–water partition coefficient (Wildman–Crippen LogP) is 17.1. The number of hydrogen-bond donors (Lipinski definition) is 1. The number of phenols is 1. The number of aromatic nitrogens is 3. The molecule has 0 radical (unpaired) electrons. The molecule has 9 rings (SSSR count). The number of imidazole rings is 1. The molecular formula is C63H62N3OPt-. The van der Waals surface area contributed by atoms with E-state index in [4.69, 9.17) is 9.97 Å². The molecule has 68 heavy (non-hydrogen) atoms. The van der Waals surface area contributed by atoms with E-state index in [2.05, 4.69) is 154 Å². The first kappa shape index (κ1) is 44.2. The summed E-state index contributed by atoms with van der Waals surface area (Å²) in [5.41, 5.74) is 15.5. The van der Waals surface area contributed by atoms with Gasteiger partial charge in [-0.05, 0) is 115 Å². The fraction of sp³-hybridized carbons (Fsp3) is 0.238. The van der Waals surface area contributed by atoms with E-state index in [1.165, 1.54) is 0 Å². The van der Waals surface area contributed by atoms with Crippen LogP contribution in [0, 0.1) is 12.9 Å². The van der Waals surface area contributed by atoms with E-state index < -0.39 is 6.85 Å². The number of aryl methyl sites for hydroxylation is 1. The molecule has 346 valence electrons. The van der Waals surface area contributed by atoms with Gasteiger partial charge in [0.15, 0.2) is 0 Å². The predicted molar refractivity (Wildman–Crippen MR) is 282 cm³/mol. The van der Waals surface area contributed by atoms with Crippen LogP contribution in [0.5, 0.6) is 5.75 Å². The summed E-state index contributed by atoms with van der Waals surface area (Å²) >= 11 is 0. The Balaban J connectivity index is 0.00000676. The minimum Gasteiger partial charge on any atom is -0.507 e. The van der Waals surface area contributed by atoms with Gasteiger partial charge in [0.25, 0.3) is 0 Å². The van der Waals surface area contributed by atoms with Gasteiger partial charge >= 0.3 is 0 Å². The minimum absolute atomic E-state index is 0. The number of phenolic OH excluding ortho intramolecular Hbond substituents is 1. The molecule has 0 spiro atoms. The molecule has 1 N–H and O–H groups in total. The molecule has 5 heteroatoms. The summed E-state index contributed by atoms with van der Waals surface area (Å²) in [6, 6.07) is 55.2. The van der Waals surface area contributed by atoms with Crippen molar-refractivity contribution in [1.29, 1.82) is 0 Å². The van der Waals surface area contributed by atoms with Crippen LogP contribution >= 0.6 is 0 Å². The number of nitrogens with zero attached hydrogens (tertiary/aromatic N) is 3. The molecule has 0 fully saturated rings. The summed E-state index contributed by atoms with van der Waals surface area (Å²) in [5, 5.41) is 12.4. The third kappa shape index (κ3) is 9.29. The van der Waals surface area contributed by atoms with Crippen LogP contribution in [0.15, 0.2) is 158 Å². The third-order valence-electron chi connectivity index (χ3n) is 13.0. The van der Waals surface area contributed by atoms with Crippen molar-refractivity contribution >= 4 is 11.0 Å². The Morgan fingerprint density at radius 1 is 0.603 bits per heavy atom. The fourth-order valence-electron chi connectivity index (χ4n) is 9.27. The van der Waals surface area contributed by atoms with Gasteiger partial charge in [0.05, 0.1) is 22.3 Å². The van der Waals surface area contributed by atoms with Gasteiger partial charge in [-0.1, -0.05) is 190 Å². The molecule has 0 aliphatic carbocycles. The topological polar surface area (TPSA) is 50.9 Å². The van der Waals surface area contributed by atoms with Gasteiger partial charge in [-0.15, -0.1) is 29.3 Å². The maximum atomic E-state index is 12.4. The average Bonchev–Trinajstić information content (AvgIpc) is 3.72. The van der Waals surface area contributed by atoms with Crippen LogP contribution in [0.2, 0.25) is 0 Å². The van der Waals surface area contributed by atoms with Crippen molar-refractivity contribution in [3.05, 3.63) is 192 Å². The van der Waals surface area contributed by atoms with Crippen LogP contribution in [0.3, 0.4) is 0 Å². The number of rotatable bonds is 9. The Labute approximate surface area is 422 Å². The molecule has 0 aliphatic rings. The first-order chi connectivity index (χ1) is 33.2. The second-order valence-corrected chi connectivity index (χ2v) is 20.6. The Morgan fingerprint density at radius 3 is 1.94 bits per heavy atom. The van der Waals surface area contributed by atoms with Crippen molar-refractivity contribution < 1.29 is 30.3 Å². The van der Waals surface area contributed by atoms with Crippen molar-refractivity contribution in [1.82, 2.24) is 14.5 Å². The molecule has 0 unspecified atom stereocenters. The van der Waals surface area contributed by atoms with E-state index in [1.54, 1.807) is 0 Å². The maximum absolute atomic E-state index is 12.4. The average molecular weight is 1080 g/mol. The van der Waals surface area contributed by atoms with Gasteiger partial charge in [-0.25, -0.2) is 4.98 Å². The first-order valence-electron chi connectivity index (χ1n) is 25.0. The number of benzene rings is 7. The third-order valence-corrected chi connectivity index (χ3v) is 13.0. The van der Waals surface area contributed by atoms with E-state index in [-0.39, 0.29) is 55.0 Å². The molecule has 7 aromatic carbocycles. The van der Waals surface area contributed by atoms with Gasteiger partial charge in [-0.2, -0.15) is 0 Å². The van der Waals surface area contributed by atoms with Crippen LogP contribution in [0.4, 0.5) is 0 Å². The van der Waals surface area contributed by atoms with Crippen LogP contribution in [0.25, 0.3) is 83.9 Å². The molecule has 0 atom stereocenters. The van der Waals surface area contributed by atoms with Gasteiger partial charge in [-0.3, -0.25) is 9.55 Å². The van der Waals surface area contributed by atoms with Crippen LogP contribution in [-0.2, 0) is 31.9 Å². The summed E-state index contributed by atoms with van der Waals surface area (Å²) in [5.74, 6) is 0.731. The maximum Gasteiger partial charge on any atom is 0.148 e. The van der Waals surface area contributed by atoms with Crippen LogP contribution in [0.1, 0.15) is 113 Å². The smallest absolute Gasteiger partial charge is 0.148 e. The van der Waals surface area contributed by atoms with Crippen molar-refractivity contribution in [3.63, 3.8) is 0 Å². The van der Waals surface area contributed by atoms with E-state index >= 15 is 0 Å². The second kappa shape index (κ2) is 19.0. The molecule has 0 bridgehead atoms. The van der Waals surface area contributed by atoms with Gasteiger partial charge < -0.3 is 5.11 Å². The normalized spacial score (nSPS) is 12.8. The fourth-order valence-corrected chi connectivity index (χ4v) is 9.27. The van der Waals surface area contributed by atoms with Crippen LogP contribution < -0.4 is 0 Å². The number of para-hydroxylation sites is 1. The van der Waals surface area contributed by atoms with Crippen LogP contribution in [-0.4, -0.2) is 19.6 Å². The van der Waals surface area contributed by atoms with E-state index in [0.717, 1.165) is 78.0 Å². The zero-order valence-corrected chi connectivity index (χ0v) is 43.0. The number of aromatic hydroxyl groups is 1. The van der Waals surface area contributed by atoms with Gasteiger partial charge in [0.2, 0.25) is 0 Å². The van der Waals surface area contributed by atoms with Gasteiger partial charge in [0, 0.05) is 37.1 Å². The molecule has 0 saturated carbocycles. The quantitative estimate of drug-likeness (QED) is 0.147. The first-order valence-corrected chi connectivity index (χ1v) is 23.5. The number of hydrogen-bond acceptors (Lipinski definition) is 3. The summed E-state index contributed by atoms with van der Waals surface area (Å²) in [4.78, 5) is 10.4. The van der Waals surface area contributed by atoms with E-state index in [1.807, 2.05) is 83.6 Å². The Morgan fingerprint density at radius 2 is 1.28 bits per heavy atom.